The molecule has 0 spiro atoms. The summed E-state index contributed by atoms with van der Waals surface area (Å²) in [5, 5.41) is 62.4. The number of piperazine rings is 3. The molecule has 32 heteroatoms. The number of halogens is 3. The molecule has 644 valence electrons. The van der Waals surface area contributed by atoms with E-state index in [9.17, 15) is 51.4 Å². The van der Waals surface area contributed by atoms with E-state index < -0.39 is 36.3 Å². The molecular weight excluding hydrogens is 1610 g/mol. The van der Waals surface area contributed by atoms with Gasteiger partial charge in [-0.1, -0.05) is 71.7 Å². The molecule has 8 aromatic carbocycles. The highest BCUT2D eigenvalue weighted by Crippen LogP contribution is 2.36. The zero-order valence-corrected chi connectivity index (χ0v) is 71.8. The minimum absolute atomic E-state index is 0.0227. The maximum absolute atomic E-state index is 15.0. The van der Waals surface area contributed by atoms with Gasteiger partial charge in [0.05, 0.1) is 72.5 Å². The number of sulfonamides is 1. The third kappa shape index (κ3) is 20.4. The number of amides is 3. The van der Waals surface area contributed by atoms with Gasteiger partial charge in [0, 0.05) is 170 Å². The quantitative estimate of drug-likeness (QED) is 0.0343. The molecule has 2 atom stereocenters. The molecule has 1 unspecified atom stereocenters. The minimum atomic E-state index is -4.27. The number of carbonyl (C=O) groups is 3. The van der Waals surface area contributed by atoms with Crippen molar-refractivity contribution in [2.45, 2.75) is 107 Å². The number of aliphatic hydroxyl groups excluding tert-OH is 1. The predicted octanol–water partition coefficient (Wildman–Crippen LogP) is 10.4. The van der Waals surface area contributed by atoms with Crippen LogP contribution in [0.4, 0.5) is 64.6 Å². The summed E-state index contributed by atoms with van der Waals surface area (Å²) in [5.74, 6) is 5.05. The number of rotatable bonds is 18. The number of piperidine rings is 3. The molecule has 0 aliphatic carbocycles. The number of para-hydroxylation sites is 4. The molecule has 9 aromatic rings. The maximum Gasteiger partial charge on any atom is 0.254 e. The first kappa shape index (κ1) is 88.4. The Morgan fingerprint density at radius 3 is 1.41 bits per heavy atom. The number of hydrogen-bond donors (Lipinski definition) is 6. The SMILES string of the molecule is C#Cc1ccccc1N1CCC(Nc2cc(C(=O)N3CCN(c4nnnn4C)[C@H](CO)C3)c(C)cc2C)CC1.C=S(N)(=O)c1ccccc1N1CCN(C(=O)c2cc(NC3CCN(c4ccccc4C#N)CC3)c(F)cc2C)CC1.Cc1cc(C)c(C(=O)N2CCN(c3cccc(F)c3S(N)(=O)=O)CC2)cc1NC1CCN(c2c(F)cccc2C#N)CC1. The van der Waals surface area contributed by atoms with Crippen LogP contribution in [0.15, 0.2) is 155 Å². The van der Waals surface area contributed by atoms with E-state index in [1.54, 1.807) is 63.7 Å². The number of aliphatic hydroxyl groups is 1. The highest BCUT2D eigenvalue weighted by atomic mass is 32.2. The van der Waals surface area contributed by atoms with E-state index in [0.717, 1.165) is 127 Å². The molecule has 27 nitrogen and oxygen atoms in total. The number of nitrogens with two attached hydrogens (primary N) is 2. The lowest BCUT2D eigenvalue weighted by Gasteiger charge is -2.40. The summed E-state index contributed by atoms with van der Waals surface area (Å²) in [5.41, 5.74) is 13.7. The van der Waals surface area contributed by atoms with Gasteiger partial charge in [-0.2, -0.15) is 10.5 Å². The van der Waals surface area contributed by atoms with Gasteiger partial charge in [0.15, 0.2) is 0 Å². The van der Waals surface area contributed by atoms with Gasteiger partial charge in [0.25, 0.3) is 17.7 Å². The fraction of sp³-hybridized carbons (Fsp3) is 0.374. The van der Waals surface area contributed by atoms with Gasteiger partial charge in [-0.15, -0.1) is 6.42 Å². The van der Waals surface area contributed by atoms with Crippen LogP contribution in [0.25, 0.3) is 0 Å². The second-order valence-corrected chi connectivity index (χ2v) is 35.5. The highest BCUT2D eigenvalue weighted by molar-refractivity contribution is 7.98. The zero-order chi connectivity index (χ0) is 87.6. The number of nitrogens with zero attached hydrogens (tertiary/aromatic N) is 15. The molecular formula is C91H105F3N20O7S2. The second kappa shape index (κ2) is 38.8. The van der Waals surface area contributed by atoms with Crippen molar-refractivity contribution >= 4 is 94.8 Å². The zero-order valence-electron chi connectivity index (χ0n) is 70.1. The summed E-state index contributed by atoms with van der Waals surface area (Å²) in [6.45, 7) is 18.9. The fourth-order valence-corrected chi connectivity index (χ4v) is 19.0. The monoisotopic (exact) mass is 1710 g/mol. The Bertz CT molecular complexity index is 5760. The highest BCUT2D eigenvalue weighted by Gasteiger charge is 2.36. The topological polar surface area (TPSA) is 331 Å². The van der Waals surface area contributed by atoms with E-state index in [1.807, 2.05) is 108 Å². The normalized spacial score (nSPS) is 17.3. The van der Waals surface area contributed by atoms with Gasteiger partial charge in [-0.05, 0) is 202 Å². The number of anilines is 9. The average Bonchev–Trinajstić information content (AvgIpc) is 1.70. The van der Waals surface area contributed by atoms with Gasteiger partial charge in [-0.3, -0.25) is 19.5 Å². The van der Waals surface area contributed by atoms with E-state index >= 15 is 4.39 Å². The number of carbonyl (C=O) groups excluding carboxylic acids is 3. The predicted molar refractivity (Wildman–Crippen MR) is 477 cm³/mol. The van der Waals surface area contributed by atoms with Gasteiger partial charge in [0.2, 0.25) is 16.0 Å². The van der Waals surface area contributed by atoms with E-state index in [2.05, 4.69) is 89.2 Å². The van der Waals surface area contributed by atoms with Crippen molar-refractivity contribution in [3.05, 3.63) is 224 Å². The van der Waals surface area contributed by atoms with E-state index in [4.69, 9.17) is 16.7 Å². The minimum Gasteiger partial charge on any atom is -0.394 e. The van der Waals surface area contributed by atoms with Crippen molar-refractivity contribution < 1.29 is 45.3 Å². The van der Waals surface area contributed by atoms with Crippen molar-refractivity contribution in [2.75, 3.05) is 163 Å². The Morgan fingerprint density at radius 1 is 0.496 bits per heavy atom. The van der Waals surface area contributed by atoms with Crippen LogP contribution in [0.3, 0.4) is 0 Å². The molecule has 7 heterocycles. The molecule has 6 aliphatic rings. The van der Waals surface area contributed by atoms with Crippen molar-refractivity contribution in [3.8, 4) is 24.5 Å². The average molecular weight is 1710 g/mol. The maximum atomic E-state index is 15.0. The number of hydrogen-bond acceptors (Lipinski definition) is 21. The smallest absolute Gasteiger partial charge is 0.254 e. The van der Waals surface area contributed by atoms with Crippen molar-refractivity contribution in [1.82, 2.24) is 34.9 Å². The number of aromatic nitrogens is 4. The van der Waals surface area contributed by atoms with E-state index in [1.165, 1.54) is 24.3 Å². The molecule has 15 rings (SSSR count). The lowest BCUT2D eigenvalue weighted by atomic mass is 9.99. The number of nitrogens with one attached hydrogen (secondary N) is 3. The van der Waals surface area contributed by atoms with Crippen molar-refractivity contribution in [1.29, 1.82) is 10.5 Å². The summed E-state index contributed by atoms with van der Waals surface area (Å²) < 4.78 is 82.1. The van der Waals surface area contributed by atoms with E-state index in [-0.39, 0.29) is 54.0 Å². The number of tetrazole rings is 1. The number of terminal acetylenes is 1. The van der Waals surface area contributed by atoms with Crippen LogP contribution in [0.5, 0.6) is 0 Å². The standard InChI is InChI=1S/C31H34F2N6O3S.C31H35FN6O2S.C29H36N8O2/c1-20-17-21(2)27(36-23-9-11-38(12-10-23)29-22(19-34)5-3-6-25(29)32)18-24(20)31(40)39-15-13-37(14-16-39)28-8-4-7-26(33)30(28)43(35,41)42;1-22-19-26(32)27(35-24-11-13-36(14-12-24)28-8-4-3-7-23(28)21-33)20-25(22)31(39)38-17-15-37(16-18-38)29-9-5-6-10-30(29)41(2,34)40;1-5-22-8-6-7-9-27(22)35-12-10-23(11-13-35)30-26-17-25(20(2)16-21(26)3)28(39)36-14-15-37(24(18-36)19-38)29-31-32-33-34(29)4/h3-8,17-18,23,36H,9-16H2,1-2H3,(H2,35,41,42);3-10,19-20,24,35H,2,11-18H2,1H3,(H2,34,40);1,6-9,16-17,23-24,30,38H,10-15,18-19H2,2-4H3/t;;24-/m..0/s1. The van der Waals surface area contributed by atoms with Gasteiger partial charge in [-0.25, -0.2) is 35.6 Å². The molecule has 6 fully saturated rings. The number of benzene rings is 8. The Kier molecular flexibility index (Phi) is 27.9. The van der Waals surface area contributed by atoms with Gasteiger partial charge >= 0.3 is 0 Å². The molecule has 123 heavy (non-hydrogen) atoms. The summed E-state index contributed by atoms with van der Waals surface area (Å²) in [6, 6.07) is 47.0. The van der Waals surface area contributed by atoms with Crippen LogP contribution in [-0.4, -0.2) is 218 Å². The molecule has 3 amide bonds. The second-order valence-electron chi connectivity index (χ2n) is 32.1. The molecule has 0 bridgehead atoms. The first-order valence-corrected chi connectivity index (χ1v) is 44.7. The van der Waals surface area contributed by atoms with Crippen LogP contribution in [0.2, 0.25) is 0 Å². The van der Waals surface area contributed by atoms with Crippen LogP contribution < -0.4 is 55.6 Å². The van der Waals surface area contributed by atoms with Gasteiger partial charge < -0.3 is 65.2 Å². The summed E-state index contributed by atoms with van der Waals surface area (Å²) in [4.78, 5) is 58.4. The van der Waals surface area contributed by atoms with Gasteiger partial charge in [0.1, 0.15) is 34.5 Å². The Labute approximate surface area is 717 Å². The summed E-state index contributed by atoms with van der Waals surface area (Å²) >= 11 is 0. The third-order valence-corrected chi connectivity index (χ3v) is 26.1. The molecule has 0 saturated carbocycles. The van der Waals surface area contributed by atoms with Crippen molar-refractivity contribution in [3.63, 3.8) is 0 Å². The van der Waals surface area contributed by atoms with Crippen LogP contribution >= 0.6 is 0 Å². The lowest BCUT2D eigenvalue weighted by molar-refractivity contribution is 0.0694. The van der Waals surface area contributed by atoms with Crippen LogP contribution in [0, 0.1) is 87.1 Å². The molecule has 6 aliphatic heterocycles. The van der Waals surface area contributed by atoms with Crippen LogP contribution in [-0.2, 0) is 26.8 Å². The first-order valence-electron chi connectivity index (χ1n) is 41.4. The largest absolute Gasteiger partial charge is 0.394 e. The van der Waals surface area contributed by atoms with Crippen LogP contribution in [0.1, 0.15) is 114 Å². The summed E-state index contributed by atoms with van der Waals surface area (Å²) in [7, 11) is -5.39. The Hall–Kier alpha value is -12.4. The molecule has 6 saturated heterocycles. The Morgan fingerprint density at radius 2 is 0.911 bits per heavy atom. The molecule has 8 N–H and O–H groups in total. The number of aryl methyl sites for hydroxylation is 6. The third-order valence-electron chi connectivity index (χ3n) is 24.0. The Balaban J connectivity index is 0.000000159. The summed E-state index contributed by atoms with van der Waals surface area (Å²) in [6.07, 6.45) is 10.7. The number of primary sulfonamides is 1. The molecule has 0 radical (unpaired) electrons. The number of nitriles is 2. The lowest BCUT2D eigenvalue weighted by Crippen LogP contribution is -2.57. The molecule has 1 aromatic heterocycles. The van der Waals surface area contributed by atoms with E-state index in [0.29, 0.717) is 147 Å². The fourth-order valence-electron chi connectivity index (χ4n) is 17.3. The first-order chi connectivity index (χ1) is 59.0. The van der Waals surface area contributed by atoms with Crippen molar-refractivity contribution in [2.24, 2.45) is 17.3 Å².